The van der Waals surface area contributed by atoms with Crippen LogP contribution in [0, 0.1) is 6.92 Å². The molecule has 1 radical (unpaired) electrons. The molecule has 0 spiro atoms. The second-order valence-electron chi connectivity index (χ2n) is 2.67. The van der Waals surface area contributed by atoms with Crippen molar-refractivity contribution in [1.29, 1.82) is 0 Å². The first-order valence-corrected chi connectivity index (χ1v) is 4.34. The van der Waals surface area contributed by atoms with Gasteiger partial charge in [-0.05, 0) is 24.4 Å². The Kier molecular flexibility index (Phi) is 4.48. The van der Waals surface area contributed by atoms with Crippen LogP contribution in [0.4, 0.5) is 0 Å². The maximum atomic E-state index is 3.85. The van der Waals surface area contributed by atoms with Gasteiger partial charge < -0.3 is 0 Å². The van der Waals surface area contributed by atoms with Crippen LogP contribution < -0.4 is 0 Å². The predicted octanol–water partition coefficient (Wildman–Crippen LogP) is 3.03. The Morgan fingerprint density at radius 3 is 1.89 bits per heavy atom. The van der Waals surface area contributed by atoms with Crippen LogP contribution in [0.25, 0.3) is 0 Å². The molecular weight excluding hydrogens is 127 g/mol. The van der Waals surface area contributed by atoms with Gasteiger partial charge in [-0.3, -0.25) is 0 Å². The summed E-state index contributed by atoms with van der Waals surface area (Å²) in [5.74, 6) is 0. The largest absolute Gasteiger partial charge is 0.131 e. The van der Waals surface area contributed by atoms with Crippen LogP contribution in [0.3, 0.4) is 0 Å². The monoisotopic (exact) mass is 145 g/mol. The second kappa shape index (κ2) is 4.28. The number of hydrogen-bond donors (Lipinski definition) is 0. The van der Waals surface area contributed by atoms with Crippen LogP contribution >= 0.6 is 9.24 Å². The van der Waals surface area contributed by atoms with Crippen molar-refractivity contribution in [2.24, 2.45) is 0 Å². The van der Waals surface area contributed by atoms with E-state index in [9.17, 15) is 0 Å². The highest BCUT2D eigenvalue weighted by Crippen LogP contribution is 2.31. The van der Waals surface area contributed by atoms with Gasteiger partial charge in [-0.1, -0.05) is 27.2 Å². The third-order valence-electron chi connectivity index (χ3n) is 2.08. The number of rotatable bonds is 4. The quantitative estimate of drug-likeness (QED) is 0.533. The normalized spacial score (nSPS) is 12.0. The fourth-order valence-corrected chi connectivity index (χ4v) is 1.16. The van der Waals surface area contributed by atoms with Gasteiger partial charge in [0.05, 0.1) is 0 Å². The van der Waals surface area contributed by atoms with E-state index in [1.807, 2.05) is 0 Å². The Morgan fingerprint density at radius 2 is 1.78 bits per heavy atom. The first-order valence-electron chi connectivity index (χ1n) is 3.76. The third kappa shape index (κ3) is 3.20. The maximum absolute atomic E-state index is 3.85. The lowest BCUT2D eigenvalue weighted by Crippen LogP contribution is -2.16. The molecule has 55 valence electrons. The van der Waals surface area contributed by atoms with E-state index in [1.165, 1.54) is 19.3 Å². The molecule has 0 aliphatic rings. The van der Waals surface area contributed by atoms with E-state index in [4.69, 9.17) is 0 Å². The molecule has 9 heavy (non-hydrogen) atoms. The van der Waals surface area contributed by atoms with Gasteiger partial charge >= 0.3 is 0 Å². The molecule has 0 heterocycles. The highest BCUT2D eigenvalue weighted by molar-refractivity contribution is 7.18. The molecule has 0 amide bonds. The van der Waals surface area contributed by atoms with Crippen molar-refractivity contribution in [3.05, 3.63) is 6.92 Å². The molecule has 0 aromatic heterocycles. The lowest BCUT2D eigenvalue weighted by molar-refractivity contribution is 0.511. The fourth-order valence-electron chi connectivity index (χ4n) is 0.956. The van der Waals surface area contributed by atoms with Gasteiger partial charge in [0, 0.05) is 0 Å². The molecule has 0 aliphatic heterocycles. The Labute approximate surface area is 61.6 Å². The Morgan fingerprint density at radius 1 is 1.33 bits per heavy atom. The second-order valence-corrected chi connectivity index (χ2v) is 3.90. The topological polar surface area (TPSA) is 0 Å². The van der Waals surface area contributed by atoms with Crippen LogP contribution in [0.5, 0.6) is 0 Å². The summed E-state index contributed by atoms with van der Waals surface area (Å²) >= 11 is 0. The van der Waals surface area contributed by atoms with Gasteiger partial charge in [0.2, 0.25) is 0 Å². The van der Waals surface area contributed by atoms with E-state index in [0.717, 1.165) is 6.42 Å². The molecule has 0 fully saturated rings. The first kappa shape index (κ1) is 9.43. The molecule has 0 aliphatic carbocycles. The van der Waals surface area contributed by atoms with E-state index in [1.54, 1.807) is 0 Å². The summed E-state index contributed by atoms with van der Waals surface area (Å²) in [5.41, 5.74) is 0. The summed E-state index contributed by atoms with van der Waals surface area (Å²) in [6, 6.07) is 0. The summed E-state index contributed by atoms with van der Waals surface area (Å²) in [6.07, 6.45) is 4.81. The van der Waals surface area contributed by atoms with Crippen LogP contribution in [-0.2, 0) is 0 Å². The molecule has 0 saturated carbocycles. The van der Waals surface area contributed by atoms with Crippen molar-refractivity contribution < 1.29 is 0 Å². The van der Waals surface area contributed by atoms with Crippen molar-refractivity contribution in [2.45, 2.75) is 44.7 Å². The van der Waals surface area contributed by atoms with Crippen molar-refractivity contribution >= 4 is 9.24 Å². The summed E-state index contributed by atoms with van der Waals surface area (Å²) in [5, 5.41) is 0.488. The minimum absolute atomic E-state index is 0.488. The lowest BCUT2D eigenvalue weighted by atomic mass is 9.97. The maximum Gasteiger partial charge on any atom is -0.0155 e. The molecule has 1 atom stereocenters. The zero-order valence-electron chi connectivity index (χ0n) is 6.61. The average molecular weight is 145 g/mol. The Bertz CT molecular complexity index is 65.0. The van der Waals surface area contributed by atoms with Crippen molar-refractivity contribution in [1.82, 2.24) is 0 Å². The SMILES string of the molecule is [CH2]CCC(P)(CC)CC. The van der Waals surface area contributed by atoms with Crippen LogP contribution in [-0.4, -0.2) is 5.16 Å². The standard InChI is InChI=1S/C8H18P/c1-4-7-8(9,5-2)6-3/h1,4-7,9H2,2-3H3. The summed E-state index contributed by atoms with van der Waals surface area (Å²) < 4.78 is 0. The summed E-state index contributed by atoms with van der Waals surface area (Å²) in [4.78, 5) is 0. The molecule has 1 unspecified atom stereocenters. The minimum atomic E-state index is 0.488. The minimum Gasteiger partial charge on any atom is -0.131 e. The number of hydrogen-bond acceptors (Lipinski definition) is 0. The molecule has 0 saturated heterocycles. The van der Waals surface area contributed by atoms with Gasteiger partial charge in [0.1, 0.15) is 0 Å². The van der Waals surface area contributed by atoms with E-state index < -0.39 is 0 Å². The van der Waals surface area contributed by atoms with Crippen molar-refractivity contribution in [3.8, 4) is 0 Å². The van der Waals surface area contributed by atoms with Gasteiger partial charge in [0.25, 0.3) is 0 Å². The van der Waals surface area contributed by atoms with Crippen LogP contribution in [0.1, 0.15) is 39.5 Å². The lowest BCUT2D eigenvalue weighted by Gasteiger charge is -2.25. The molecule has 0 N–H and O–H groups in total. The molecule has 0 aromatic rings. The highest BCUT2D eigenvalue weighted by Gasteiger charge is 2.17. The van der Waals surface area contributed by atoms with Crippen LogP contribution in [0.2, 0.25) is 0 Å². The van der Waals surface area contributed by atoms with Crippen LogP contribution in [0.15, 0.2) is 0 Å². The van der Waals surface area contributed by atoms with Crippen molar-refractivity contribution in [3.63, 3.8) is 0 Å². The van der Waals surface area contributed by atoms with Gasteiger partial charge in [-0.15, -0.1) is 9.24 Å². The van der Waals surface area contributed by atoms with E-state index in [-0.39, 0.29) is 0 Å². The van der Waals surface area contributed by atoms with Crippen molar-refractivity contribution in [2.75, 3.05) is 0 Å². The third-order valence-corrected chi connectivity index (χ3v) is 3.19. The predicted molar refractivity (Wildman–Crippen MR) is 47.6 cm³/mol. The molecule has 0 aromatic carbocycles. The van der Waals surface area contributed by atoms with E-state index in [0.29, 0.717) is 5.16 Å². The highest BCUT2D eigenvalue weighted by atomic mass is 31.0. The average Bonchev–Trinajstić information content (AvgIpc) is 1.89. The zero-order chi connectivity index (χ0) is 7.33. The molecular formula is C8H18P. The molecule has 0 nitrogen and oxygen atoms in total. The Hall–Kier alpha value is 0.430. The fraction of sp³-hybridized carbons (Fsp3) is 0.875. The zero-order valence-corrected chi connectivity index (χ0v) is 7.77. The van der Waals surface area contributed by atoms with Gasteiger partial charge in [0.15, 0.2) is 0 Å². The first-order chi connectivity index (χ1) is 4.18. The van der Waals surface area contributed by atoms with E-state index >= 15 is 0 Å². The molecule has 0 bridgehead atoms. The van der Waals surface area contributed by atoms with Gasteiger partial charge in [-0.2, -0.15) is 0 Å². The smallest absolute Gasteiger partial charge is 0.0155 e. The molecule has 1 heteroatoms. The van der Waals surface area contributed by atoms with E-state index in [2.05, 4.69) is 30.0 Å². The molecule has 0 rings (SSSR count). The van der Waals surface area contributed by atoms with Gasteiger partial charge in [-0.25, -0.2) is 0 Å². The Balaban J connectivity index is 3.62. The summed E-state index contributed by atoms with van der Waals surface area (Å²) in [6.45, 7) is 8.34. The summed E-state index contributed by atoms with van der Waals surface area (Å²) in [7, 11) is 2.95.